The number of nitrogens with two attached hydrogens (primary N) is 1. The van der Waals surface area contributed by atoms with Crippen LogP contribution in [0.1, 0.15) is 39.5 Å². The average molecular weight is 409 g/mol. The number of sulfonamides is 1. The molecule has 1 aliphatic rings. The first kappa shape index (κ1) is 22.0. The fraction of sp³-hybridized carbons (Fsp3) is 0.500. The van der Waals surface area contributed by atoms with Crippen molar-refractivity contribution in [3.05, 3.63) is 30.8 Å². The standard InChI is InChI=1S/C18H25N4O5S/c1-12(17(19)25)9-10-15(24)21-18-14(23)7-5-6-13(2)22(18)28(26,27)16-8-3-4-11-20-16/h3-4,8,10-13,18H,5-7,9H2,1-2H3,(H2,19,25)(H,21,24)/t12?,13-,18+/m1/s1. The highest BCUT2D eigenvalue weighted by Gasteiger charge is 2.42. The smallest absolute Gasteiger partial charge is 0.262 e. The normalized spacial score (nSPS) is 22.3. The molecule has 0 aliphatic carbocycles. The summed E-state index contributed by atoms with van der Waals surface area (Å²) >= 11 is 0. The van der Waals surface area contributed by atoms with Gasteiger partial charge in [-0.3, -0.25) is 14.4 Å². The van der Waals surface area contributed by atoms with Crippen LogP contribution in [0.3, 0.4) is 0 Å². The van der Waals surface area contributed by atoms with Crippen molar-refractivity contribution < 1.29 is 22.8 Å². The van der Waals surface area contributed by atoms with E-state index in [2.05, 4.69) is 10.3 Å². The Labute approximate surface area is 164 Å². The molecule has 1 fully saturated rings. The lowest BCUT2D eigenvalue weighted by molar-refractivity contribution is -0.129. The predicted octanol–water partition coefficient (Wildman–Crippen LogP) is 0.372. The number of pyridine rings is 1. The Balaban J connectivity index is 2.28. The maximum absolute atomic E-state index is 13.1. The summed E-state index contributed by atoms with van der Waals surface area (Å²) in [6, 6.07) is 3.96. The van der Waals surface area contributed by atoms with Gasteiger partial charge in [0, 0.05) is 24.6 Å². The Kier molecular flexibility index (Phi) is 7.25. The van der Waals surface area contributed by atoms with Crippen molar-refractivity contribution in [1.29, 1.82) is 0 Å². The van der Waals surface area contributed by atoms with Crippen LogP contribution < -0.4 is 11.1 Å². The molecule has 3 N–H and O–H groups in total. The summed E-state index contributed by atoms with van der Waals surface area (Å²) < 4.78 is 27.3. The predicted molar refractivity (Wildman–Crippen MR) is 101 cm³/mol. The van der Waals surface area contributed by atoms with Gasteiger partial charge in [0.1, 0.15) is 0 Å². The van der Waals surface area contributed by atoms with Crippen LogP contribution in [0.4, 0.5) is 0 Å². The summed E-state index contributed by atoms with van der Waals surface area (Å²) in [4.78, 5) is 39.9. The van der Waals surface area contributed by atoms with E-state index >= 15 is 0 Å². The van der Waals surface area contributed by atoms with Gasteiger partial charge in [-0.2, -0.15) is 4.31 Å². The van der Waals surface area contributed by atoms with Crippen LogP contribution >= 0.6 is 0 Å². The van der Waals surface area contributed by atoms with Crippen molar-refractivity contribution in [3.63, 3.8) is 0 Å². The van der Waals surface area contributed by atoms with Gasteiger partial charge in [-0.05, 0) is 38.3 Å². The molecule has 10 heteroatoms. The summed E-state index contributed by atoms with van der Waals surface area (Å²) in [5, 5.41) is 2.29. The Bertz CT molecular complexity index is 828. The molecule has 1 radical (unpaired) electrons. The molecule has 9 nitrogen and oxygen atoms in total. The third-order valence-electron chi connectivity index (χ3n) is 4.64. The minimum absolute atomic E-state index is 0.0879. The van der Waals surface area contributed by atoms with Crippen LogP contribution in [0.15, 0.2) is 29.4 Å². The Morgan fingerprint density at radius 1 is 1.43 bits per heavy atom. The van der Waals surface area contributed by atoms with E-state index in [4.69, 9.17) is 5.73 Å². The summed E-state index contributed by atoms with van der Waals surface area (Å²) in [5.41, 5.74) is 5.17. The van der Waals surface area contributed by atoms with Gasteiger partial charge in [-0.1, -0.05) is 13.0 Å². The molecule has 2 amide bonds. The topological polar surface area (TPSA) is 140 Å². The number of hydrogen-bond donors (Lipinski definition) is 2. The first-order chi connectivity index (χ1) is 13.1. The van der Waals surface area contributed by atoms with Crippen LogP contribution in [0.5, 0.6) is 0 Å². The van der Waals surface area contributed by atoms with E-state index < -0.39 is 45.7 Å². The molecule has 2 heterocycles. The second kappa shape index (κ2) is 9.24. The van der Waals surface area contributed by atoms with Crippen molar-refractivity contribution in [3.8, 4) is 0 Å². The quantitative estimate of drug-likeness (QED) is 0.667. The monoisotopic (exact) mass is 409 g/mol. The molecule has 0 aromatic carbocycles. The zero-order valence-corrected chi connectivity index (χ0v) is 16.7. The zero-order chi connectivity index (χ0) is 20.9. The van der Waals surface area contributed by atoms with E-state index in [0.717, 1.165) is 4.31 Å². The number of aromatic nitrogens is 1. The largest absolute Gasteiger partial charge is 0.369 e. The summed E-state index contributed by atoms with van der Waals surface area (Å²) in [6.07, 6.45) is 2.45. The maximum Gasteiger partial charge on any atom is 0.262 e. The van der Waals surface area contributed by atoms with Crippen LogP contribution in [-0.2, 0) is 24.4 Å². The van der Waals surface area contributed by atoms with Crippen LogP contribution in [0.25, 0.3) is 0 Å². The summed E-state index contributed by atoms with van der Waals surface area (Å²) in [6.45, 7) is 3.26. The number of rotatable bonds is 7. The van der Waals surface area contributed by atoms with E-state index in [1.807, 2.05) is 0 Å². The zero-order valence-electron chi connectivity index (χ0n) is 15.9. The number of hydrogen-bond acceptors (Lipinski definition) is 6. The van der Waals surface area contributed by atoms with Crippen molar-refractivity contribution in [2.24, 2.45) is 11.7 Å². The second-order valence-electron chi connectivity index (χ2n) is 6.86. The van der Waals surface area contributed by atoms with Gasteiger partial charge in [0.2, 0.25) is 11.8 Å². The fourth-order valence-electron chi connectivity index (χ4n) is 2.95. The van der Waals surface area contributed by atoms with E-state index in [1.54, 1.807) is 19.9 Å². The van der Waals surface area contributed by atoms with E-state index in [-0.39, 0.29) is 17.9 Å². The minimum Gasteiger partial charge on any atom is -0.369 e. The highest BCUT2D eigenvalue weighted by atomic mass is 32.2. The molecule has 1 aromatic heterocycles. The molecular weight excluding hydrogens is 384 g/mol. The number of Topliss-reactive ketones (excluding diaryl/α,β-unsaturated/α-hetero) is 1. The van der Waals surface area contributed by atoms with Gasteiger partial charge in [0.25, 0.3) is 10.0 Å². The van der Waals surface area contributed by atoms with E-state index in [9.17, 15) is 22.8 Å². The number of primary amides is 1. The molecule has 0 spiro atoms. The first-order valence-corrected chi connectivity index (χ1v) is 10.5. The second-order valence-corrected chi connectivity index (χ2v) is 8.65. The van der Waals surface area contributed by atoms with Gasteiger partial charge < -0.3 is 11.1 Å². The molecule has 3 atom stereocenters. The molecule has 28 heavy (non-hydrogen) atoms. The first-order valence-electron chi connectivity index (χ1n) is 9.05. The number of nitrogens with zero attached hydrogens (tertiary/aromatic N) is 2. The maximum atomic E-state index is 13.1. The lowest BCUT2D eigenvalue weighted by Crippen LogP contribution is -2.57. The average Bonchev–Trinajstić information content (AvgIpc) is 2.79. The van der Waals surface area contributed by atoms with Crippen molar-refractivity contribution >= 4 is 27.6 Å². The Hall–Kier alpha value is -2.33. The third-order valence-corrected chi connectivity index (χ3v) is 6.54. The molecule has 1 unspecified atom stereocenters. The minimum atomic E-state index is -4.11. The third kappa shape index (κ3) is 5.14. The van der Waals surface area contributed by atoms with Crippen LogP contribution in [-0.4, -0.2) is 47.5 Å². The Morgan fingerprint density at radius 2 is 2.14 bits per heavy atom. The highest BCUT2D eigenvalue weighted by molar-refractivity contribution is 7.89. The number of amides is 2. The molecular formula is C18H25N4O5S. The van der Waals surface area contributed by atoms with Crippen molar-refractivity contribution in [2.45, 2.75) is 56.8 Å². The number of nitrogens with one attached hydrogen (secondary N) is 1. The highest BCUT2D eigenvalue weighted by Crippen LogP contribution is 2.25. The number of carbonyl (C=O) groups is 3. The van der Waals surface area contributed by atoms with E-state index in [1.165, 1.54) is 24.8 Å². The Morgan fingerprint density at radius 3 is 2.75 bits per heavy atom. The van der Waals surface area contributed by atoms with Gasteiger partial charge in [-0.15, -0.1) is 0 Å². The van der Waals surface area contributed by atoms with Crippen LogP contribution in [0, 0.1) is 12.3 Å². The van der Waals surface area contributed by atoms with Crippen molar-refractivity contribution in [2.75, 3.05) is 0 Å². The van der Waals surface area contributed by atoms with Gasteiger partial charge in [-0.25, -0.2) is 13.4 Å². The lowest BCUT2D eigenvalue weighted by Gasteiger charge is -2.32. The number of ketones is 1. The molecule has 1 aromatic rings. The molecule has 0 saturated carbocycles. The molecule has 1 saturated heterocycles. The summed E-state index contributed by atoms with van der Waals surface area (Å²) in [5.74, 6) is -2.14. The van der Waals surface area contributed by atoms with Gasteiger partial charge >= 0.3 is 0 Å². The summed E-state index contributed by atoms with van der Waals surface area (Å²) in [7, 11) is -4.11. The molecule has 2 rings (SSSR count). The lowest BCUT2D eigenvalue weighted by atomic mass is 10.0. The van der Waals surface area contributed by atoms with Crippen LogP contribution in [0.2, 0.25) is 0 Å². The van der Waals surface area contributed by atoms with Gasteiger partial charge in [0.15, 0.2) is 17.0 Å². The SMILES string of the molecule is CC(C[CH]C(=O)N[C@@H]1C(=O)CCC[C@@H](C)N1S(=O)(=O)c1ccccn1)C(N)=O. The molecule has 1 aliphatic heterocycles. The van der Waals surface area contributed by atoms with Gasteiger partial charge in [0.05, 0.1) is 6.42 Å². The fourth-order valence-corrected chi connectivity index (χ4v) is 4.64. The van der Waals surface area contributed by atoms with Crippen molar-refractivity contribution in [1.82, 2.24) is 14.6 Å². The molecule has 153 valence electrons. The number of carbonyl (C=O) groups excluding carboxylic acids is 3. The van der Waals surface area contributed by atoms with E-state index in [0.29, 0.717) is 12.8 Å². The molecule has 0 bridgehead atoms.